The Hall–Kier alpha value is -2.43. The Morgan fingerprint density at radius 3 is 2.88 bits per heavy atom. The number of aromatic nitrogens is 4. The van der Waals surface area contributed by atoms with Gasteiger partial charge in [-0.1, -0.05) is 6.07 Å². The third kappa shape index (κ3) is 1.58. The van der Waals surface area contributed by atoms with Crippen molar-refractivity contribution in [2.45, 2.75) is 0 Å². The Kier molecular flexibility index (Phi) is 2.00. The zero-order chi connectivity index (χ0) is 10.8. The van der Waals surface area contributed by atoms with Crippen LogP contribution in [0.2, 0.25) is 0 Å². The minimum atomic E-state index is 0.756. The molecule has 0 aromatic carbocycles. The summed E-state index contributed by atoms with van der Waals surface area (Å²) in [4.78, 5) is 8.55. The molecule has 5 nitrogen and oxygen atoms in total. The van der Waals surface area contributed by atoms with Crippen LogP contribution in [0.25, 0.3) is 5.65 Å². The Labute approximate surface area is 91.8 Å². The van der Waals surface area contributed by atoms with Gasteiger partial charge in [-0.15, -0.1) is 0 Å². The quantitative estimate of drug-likeness (QED) is 0.703. The number of anilines is 2. The molecule has 3 rings (SSSR count). The Balaban J connectivity index is 1.94. The molecule has 0 saturated heterocycles. The average molecular weight is 211 g/mol. The van der Waals surface area contributed by atoms with Crippen molar-refractivity contribution in [2.75, 3.05) is 5.32 Å². The van der Waals surface area contributed by atoms with E-state index in [1.807, 2.05) is 36.5 Å². The van der Waals surface area contributed by atoms with Gasteiger partial charge in [-0.3, -0.25) is 0 Å². The molecule has 5 heteroatoms. The normalized spacial score (nSPS) is 10.5. The van der Waals surface area contributed by atoms with Gasteiger partial charge in [0, 0.05) is 18.5 Å². The standard InChI is InChI=1S/C11H9N5/c1-2-6-12-9(3-1)14-10-5-8-16-11(15-10)4-7-13-16/h1-8H,(H,12,14,15). The van der Waals surface area contributed by atoms with Gasteiger partial charge in [0.2, 0.25) is 0 Å². The zero-order valence-corrected chi connectivity index (χ0v) is 8.41. The molecule has 1 N–H and O–H groups in total. The predicted molar refractivity (Wildman–Crippen MR) is 60.5 cm³/mol. The SMILES string of the molecule is c1ccc(Nc2ccn3nccc3n2)nc1. The van der Waals surface area contributed by atoms with Crippen LogP contribution in [0.1, 0.15) is 0 Å². The van der Waals surface area contributed by atoms with Crippen molar-refractivity contribution in [2.24, 2.45) is 0 Å². The van der Waals surface area contributed by atoms with Gasteiger partial charge in [0.1, 0.15) is 11.6 Å². The van der Waals surface area contributed by atoms with Crippen LogP contribution in [0, 0.1) is 0 Å². The highest BCUT2D eigenvalue weighted by Crippen LogP contribution is 2.11. The van der Waals surface area contributed by atoms with Crippen LogP contribution in [0.4, 0.5) is 11.6 Å². The van der Waals surface area contributed by atoms with E-state index in [0.717, 1.165) is 17.3 Å². The van der Waals surface area contributed by atoms with Crippen LogP contribution < -0.4 is 5.32 Å². The lowest BCUT2D eigenvalue weighted by molar-refractivity contribution is 0.940. The summed E-state index contributed by atoms with van der Waals surface area (Å²) in [5.74, 6) is 1.53. The van der Waals surface area contributed by atoms with Crippen LogP contribution in [0.15, 0.2) is 48.9 Å². The first-order chi connectivity index (χ1) is 7.92. The fourth-order valence-electron chi connectivity index (χ4n) is 1.45. The summed E-state index contributed by atoms with van der Waals surface area (Å²) < 4.78 is 1.71. The maximum absolute atomic E-state index is 4.38. The van der Waals surface area contributed by atoms with E-state index in [2.05, 4.69) is 20.4 Å². The lowest BCUT2D eigenvalue weighted by Crippen LogP contribution is -1.97. The molecule has 0 bridgehead atoms. The highest BCUT2D eigenvalue weighted by Gasteiger charge is 1.99. The number of nitrogens with one attached hydrogen (secondary N) is 1. The van der Waals surface area contributed by atoms with Crippen LogP contribution in [0.5, 0.6) is 0 Å². The summed E-state index contributed by atoms with van der Waals surface area (Å²) in [6, 6.07) is 9.39. The van der Waals surface area contributed by atoms with Gasteiger partial charge in [0.25, 0.3) is 0 Å². The maximum Gasteiger partial charge on any atom is 0.157 e. The van der Waals surface area contributed by atoms with Gasteiger partial charge in [-0.2, -0.15) is 5.10 Å². The van der Waals surface area contributed by atoms with E-state index in [1.54, 1.807) is 16.9 Å². The van der Waals surface area contributed by atoms with E-state index in [0.29, 0.717) is 0 Å². The smallest absolute Gasteiger partial charge is 0.157 e. The second-order valence-corrected chi connectivity index (χ2v) is 3.29. The van der Waals surface area contributed by atoms with Crippen LogP contribution in [0.3, 0.4) is 0 Å². The monoisotopic (exact) mass is 211 g/mol. The number of rotatable bonds is 2. The van der Waals surface area contributed by atoms with E-state index < -0.39 is 0 Å². The molecule has 3 aromatic heterocycles. The lowest BCUT2D eigenvalue weighted by atomic mass is 10.4. The van der Waals surface area contributed by atoms with Crippen molar-refractivity contribution in [3.8, 4) is 0 Å². The van der Waals surface area contributed by atoms with Gasteiger partial charge in [0.05, 0.1) is 6.20 Å². The second-order valence-electron chi connectivity index (χ2n) is 3.29. The summed E-state index contributed by atoms with van der Waals surface area (Å²) in [6.07, 6.45) is 5.31. The summed E-state index contributed by atoms with van der Waals surface area (Å²) in [5.41, 5.74) is 0.806. The molecule has 0 amide bonds. The first kappa shape index (κ1) is 8.84. The van der Waals surface area contributed by atoms with Crippen LogP contribution in [-0.2, 0) is 0 Å². The second kappa shape index (κ2) is 3.62. The van der Waals surface area contributed by atoms with E-state index in [9.17, 15) is 0 Å². The third-order valence-corrected chi connectivity index (χ3v) is 2.18. The molecule has 0 fully saturated rings. The van der Waals surface area contributed by atoms with Crippen LogP contribution >= 0.6 is 0 Å². The molecule has 3 heterocycles. The summed E-state index contributed by atoms with van der Waals surface area (Å²) in [7, 11) is 0. The van der Waals surface area contributed by atoms with Crippen molar-refractivity contribution in [3.05, 3.63) is 48.9 Å². The average Bonchev–Trinajstić information content (AvgIpc) is 2.77. The van der Waals surface area contributed by atoms with Crippen LogP contribution in [-0.4, -0.2) is 19.6 Å². The number of nitrogens with zero attached hydrogens (tertiary/aromatic N) is 4. The van der Waals surface area contributed by atoms with Gasteiger partial charge < -0.3 is 5.32 Å². The molecule has 78 valence electrons. The van der Waals surface area contributed by atoms with Crippen molar-refractivity contribution < 1.29 is 0 Å². The third-order valence-electron chi connectivity index (χ3n) is 2.18. The summed E-state index contributed by atoms with van der Waals surface area (Å²) in [5, 5.41) is 7.20. The minimum absolute atomic E-state index is 0.756. The van der Waals surface area contributed by atoms with Crippen molar-refractivity contribution in [3.63, 3.8) is 0 Å². The van der Waals surface area contributed by atoms with Gasteiger partial charge in [0.15, 0.2) is 5.65 Å². The number of fused-ring (bicyclic) bond motifs is 1. The molecule has 0 unspecified atom stereocenters. The molecule has 0 radical (unpaired) electrons. The summed E-state index contributed by atoms with van der Waals surface area (Å²) >= 11 is 0. The fourth-order valence-corrected chi connectivity index (χ4v) is 1.45. The fraction of sp³-hybridized carbons (Fsp3) is 0. The first-order valence-corrected chi connectivity index (χ1v) is 4.90. The molecule has 16 heavy (non-hydrogen) atoms. The Bertz CT molecular complexity index is 602. The number of hydrogen-bond donors (Lipinski definition) is 1. The van der Waals surface area contributed by atoms with E-state index in [1.165, 1.54) is 0 Å². The Morgan fingerprint density at radius 1 is 1.00 bits per heavy atom. The largest absolute Gasteiger partial charge is 0.325 e. The molecule has 0 atom stereocenters. The molecule has 0 spiro atoms. The van der Waals surface area contributed by atoms with Crippen molar-refractivity contribution >= 4 is 17.3 Å². The highest BCUT2D eigenvalue weighted by molar-refractivity contribution is 5.54. The molecule has 3 aromatic rings. The number of hydrogen-bond acceptors (Lipinski definition) is 4. The molecule has 0 aliphatic carbocycles. The predicted octanol–water partition coefficient (Wildman–Crippen LogP) is 1.87. The van der Waals surface area contributed by atoms with Crippen molar-refractivity contribution in [1.82, 2.24) is 19.6 Å². The van der Waals surface area contributed by atoms with Gasteiger partial charge in [-0.25, -0.2) is 14.5 Å². The lowest BCUT2D eigenvalue weighted by Gasteiger charge is -2.03. The van der Waals surface area contributed by atoms with E-state index in [-0.39, 0.29) is 0 Å². The van der Waals surface area contributed by atoms with E-state index >= 15 is 0 Å². The molecular formula is C11H9N5. The van der Waals surface area contributed by atoms with Gasteiger partial charge >= 0.3 is 0 Å². The molecule has 0 saturated carbocycles. The molecule has 0 aliphatic rings. The number of pyridine rings is 1. The maximum atomic E-state index is 4.38. The first-order valence-electron chi connectivity index (χ1n) is 4.90. The zero-order valence-electron chi connectivity index (χ0n) is 8.41. The summed E-state index contributed by atoms with van der Waals surface area (Å²) in [6.45, 7) is 0. The minimum Gasteiger partial charge on any atom is -0.325 e. The Morgan fingerprint density at radius 2 is 2.00 bits per heavy atom. The van der Waals surface area contributed by atoms with Gasteiger partial charge in [-0.05, 0) is 18.2 Å². The van der Waals surface area contributed by atoms with E-state index in [4.69, 9.17) is 0 Å². The molecular weight excluding hydrogens is 202 g/mol. The highest BCUT2D eigenvalue weighted by atomic mass is 15.2. The topological polar surface area (TPSA) is 55.1 Å². The molecule has 0 aliphatic heterocycles. The van der Waals surface area contributed by atoms with Crippen molar-refractivity contribution in [1.29, 1.82) is 0 Å².